The van der Waals surface area contributed by atoms with Crippen molar-refractivity contribution in [2.75, 3.05) is 32.8 Å². The molecule has 106 valence electrons. The van der Waals surface area contributed by atoms with Crippen molar-refractivity contribution in [3.05, 3.63) is 0 Å². The monoisotopic (exact) mass is 265 g/mol. The van der Waals surface area contributed by atoms with E-state index in [0.717, 1.165) is 51.6 Å². The van der Waals surface area contributed by atoms with Gasteiger partial charge in [-0.1, -0.05) is 0 Å². The van der Waals surface area contributed by atoms with Gasteiger partial charge in [-0.15, -0.1) is 0 Å². The van der Waals surface area contributed by atoms with E-state index in [1.165, 1.54) is 19.3 Å². The molecule has 4 aliphatic rings. The van der Waals surface area contributed by atoms with Gasteiger partial charge in [0.25, 0.3) is 0 Å². The van der Waals surface area contributed by atoms with Gasteiger partial charge in [-0.05, 0) is 37.5 Å². The molecule has 0 amide bonds. The highest BCUT2D eigenvalue weighted by Gasteiger charge is 2.58. The molecule has 4 heteroatoms. The first-order chi connectivity index (χ1) is 9.25. The summed E-state index contributed by atoms with van der Waals surface area (Å²) in [5.41, 5.74) is -0.0586. The second kappa shape index (κ2) is 4.45. The van der Waals surface area contributed by atoms with Gasteiger partial charge in [0.1, 0.15) is 5.60 Å². The molecule has 0 aromatic heterocycles. The SMILES string of the molecule is O=C1OC2(CC3CCC2C3)CC1CN1CCOCC1. The van der Waals surface area contributed by atoms with Crippen molar-refractivity contribution < 1.29 is 14.3 Å². The van der Waals surface area contributed by atoms with E-state index in [-0.39, 0.29) is 17.5 Å². The van der Waals surface area contributed by atoms with Crippen molar-refractivity contribution in [2.45, 2.75) is 37.7 Å². The highest BCUT2D eigenvalue weighted by Crippen LogP contribution is 2.57. The Balaban J connectivity index is 1.42. The smallest absolute Gasteiger partial charge is 0.310 e. The van der Waals surface area contributed by atoms with Crippen LogP contribution in [0.1, 0.15) is 32.1 Å². The lowest BCUT2D eigenvalue weighted by Crippen LogP contribution is -2.40. The first-order valence-electron chi connectivity index (χ1n) is 7.78. The molecular formula is C15H23NO3. The number of esters is 1. The van der Waals surface area contributed by atoms with E-state index in [2.05, 4.69) is 4.90 Å². The highest BCUT2D eigenvalue weighted by atomic mass is 16.6. The number of hydrogen-bond acceptors (Lipinski definition) is 4. The molecule has 4 rings (SSSR count). The summed E-state index contributed by atoms with van der Waals surface area (Å²) in [5.74, 6) is 1.67. The van der Waals surface area contributed by atoms with Gasteiger partial charge in [0.15, 0.2) is 0 Å². The van der Waals surface area contributed by atoms with Crippen LogP contribution >= 0.6 is 0 Å². The van der Waals surface area contributed by atoms with Gasteiger partial charge in [0.2, 0.25) is 0 Å². The molecule has 19 heavy (non-hydrogen) atoms. The summed E-state index contributed by atoms with van der Waals surface area (Å²) >= 11 is 0. The molecule has 4 nitrogen and oxygen atoms in total. The average molecular weight is 265 g/mol. The van der Waals surface area contributed by atoms with Crippen molar-refractivity contribution >= 4 is 5.97 Å². The molecule has 2 aliphatic carbocycles. The maximum Gasteiger partial charge on any atom is 0.310 e. The van der Waals surface area contributed by atoms with E-state index in [1.807, 2.05) is 0 Å². The molecule has 0 aromatic rings. The van der Waals surface area contributed by atoms with Gasteiger partial charge in [-0.3, -0.25) is 9.69 Å². The number of carbonyl (C=O) groups is 1. The topological polar surface area (TPSA) is 38.8 Å². The first-order valence-corrected chi connectivity index (χ1v) is 7.78. The van der Waals surface area contributed by atoms with Crippen LogP contribution in [0.3, 0.4) is 0 Å². The third-order valence-electron chi connectivity index (χ3n) is 5.73. The van der Waals surface area contributed by atoms with Crippen LogP contribution < -0.4 is 0 Å². The molecule has 2 heterocycles. The molecule has 2 aliphatic heterocycles. The zero-order chi connectivity index (χ0) is 12.9. The lowest BCUT2D eigenvalue weighted by molar-refractivity contribution is -0.154. The third-order valence-corrected chi connectivity index (χ3v) is 5.73. The fourth-order valence-corrected chi connectivity index (χ4v) is 4.83. The van der Waals surface area contributed by atoms with Crippen LogP contribution in [0.15, 0.2) is 0 Å². The Morgan fingerprint density at radius 1 is 1.21 bits per heavy atom. The molecule has 4 unspecified atom stereocenters. The Morgan fingerprint density at radius 3 is 2.74 bits per heavy atom. The van der Waals surface area contributed by atoms with Crippen LogP contribution in [0.2, 0.25) is 0 Å². The van der Waals surface area contributed by atoms with Crippen LogP contribution in [0.4, 0.5) is 0 Å². The summed E-state index contributed by atoms with van der Waals surface area (Å²) in [6.45, 7) is 4.40. The molecule has 1 spiro atoms. The van der Waals surface area contributed by atoms with Crippen molar-refractivity contribution in [1.29, 1.82) is 0 Å². The van der Waals surface area contributed by atoms with Crippen LogP contribution in [0.5, 0.6) is 0 Å². The lowest BCUT2D eigenvalue weighted by Gasteiger charge is -2.32. The molecule has 4 atom stereocenters. The summed E-state index contributed by atoms with van der Waals surface area (Å²) in [5, 5.41) is 0. The Labute approximate surface area is 114 Å². The highest BCUT2D eigenvalue weighted by molar-refractivity contribution is 5.75. The predicted octanol–water partition coefficient (Wildman–Crippen LogP) is 1.44. The zero-order valence-corrected chi connectivity index (χ0v) is 11.5. The molecule has 0 aromatic carbocycles. The molecule has 4 fully saturated rings. The number of fused-ring (bicyclic) bond motifs is 3. The van der Waals surface area contributed by atoms with E-state index in [1.54, 1.807) is 0 Å². The predicted molar refractivity (Wildman–Crippen MR) is 69.6 cm³/mol. The minimum absolute atomic E-state index is 0.0586. The normalized spacial score (nSPS) is 46.1. The summed E-state index contributed by atoms with van der Waals surface area (Å²) in [6.07, 6.45) is 6.06. The fraction of sp³-hybridized carbons (Fsp3) is 0.933. The third kappa shape index (κ3) is 2.00. The number of nitrogens with zero attached hydrogens (tertiary/aromatic N) is 1. The fourth-order valence-electron chi connectivity index (χ4n) is 4.83. The Morgan fingerprint density at radius 2 is 2.05 bits per heavy atom. The Hall–Kier alpha value is -0.610. The molecule has 0 N–H and O–H groups in total. The van der Waals surface area contributed by atoms with E-state index in [4.69, 9.17) is 9.47 Å². The number of rotatable bonds is 2. The maximum absolute atomic E-state index is 12.2. The number of carbonyl (C=O) groups excluding carboxylic acids is 1. The second-order valence-corrected chi connectivity index (χ2v) is 6.88. The van der Waals surface area contributed by atoms with Crippen molar-refractivity contribution in [1.82, 2.24) is 4.90 Å². The number of morpholine rings is 1. The maximum atomic E-state index is 12.2. The number of ether oxygens (including phenoxy) is 2. The van der Waals surface area contributed by atoms with Crippen molar-refractivity contribution in [3.8, 4) is 0 Å². The van der Waals surface area contributed by atoms with Crippen molar-refractivity contribution in [3.63, 3.8) is 0 Å². The average Bonchev–Trinajstić information content (AvgIpc) is 3.07. The minimum atomic E-state index is -0.0586. The van der Waals surface area contributed by atoms with Gasteiger partial charge >= 0.3 is 5.97 Å². The van der Waals surface area contributed by atoms with E-state index >= 15 is 0 Å². The van der Waals surface area contributed by atoms with Gasteiger partial charge in [-0.2, -0.15) is 0 Å². The largest absolute Gasteiger partial charge is 0.458 e. The first kappa shape index (κ1) is 12.2. The minimum Gasteiger partial charge on any atom is -0.458 e. The molecule has 2 bridgehead atoms. The van der Waals surface area contributed by atoms with Crippen LogP contribution in [-0.2, 0) is 14.3 Å². The quantitative estimate of drug-likeness (QED) is 0.708. The number of hydrogen-bond donors (Lipinski definition) is 0. The van der Waals surface area contributed by atoms with E-state index in [9.17, 15) is 4.79 Å². The zero-order valence-electron chi connectivity index (χ0n) is 11.5. The van der Waals surface area contributed by atoms with E-state index < -0.39 is 0 Å². The Kier molecular flexibility index (Phi) is 2.85. The lowest BCUT2D eigenvalue weighted by atomic mass is 9.80. The van der Waals surface area contributed by atoms with Gasteiger partial charge in [-0.25, -0.2) is 0 Å². The standard InChI is InChI=1S/C15H23NO3/c17-14-12(10-16-3-5-18-6-4-16)9-15(19-14)8-11-1-2-13(15)7-11/h11-13H,1-10H2. The van der Waals surface area contributed by atoms with Crippen LogP contribution in [0.25, 0.3) is 0 Å². The summed E-state index contributed by atoms with van der Waals surface area (Å²) in [7, 11) is 0. The summed E-state index contributed by atoms with van der Waals surface area (Å²) in [6, 6.07) is 0. The molecule has 2 saturated heterocycles. The molecule has 2 saturated carbocycles. The van der Waals surface area contributed by atoms with Gasteiger partial charge < -0.3 is 9.47 Å². The van der Waals surface area contributed by atoms with Crippen LogP contribution in [-0.4, -0.2) is 49.3 Å². The van der Waals surface area contributed by atoms with Crippen molar-refractivity contribution in [2.24, 2.45) is 17.8 Å². The molecule has 0 radical (unpaired) electrons. The molecular weight excluding hydrogens is 242 g/mol. The van der Waals surface area contributed by atoms with Gasteiger partial charge in [0.05, 0.1) is 19.1 Å². The van der Waals surface area contributed by atoms with E-state index in [0.29, 0.717) is 5.92 Å². The summed E-state index contributed by atoms with van der Waals surface area (Å²) in [4.78, 5) is 14.6. The second-order valence-electron chi connectivity index (χ2n) is 6.88. The summed E-state index contributed by atoms with van der Waals surface area (Å²) < 4.78 is 11.3. The van der Waals surface area contributed by atoms with Crippen LogP contribution in [0, 0.1) is 17.8 Å². The van der Waals surface area contributed by atoms with Gasteiger partial charge in [0, 0.05) is 26.1 Å². The Bertz CT molecular complexity index is 380.